The van der Waals surface area contributed by atoms with Gasteiger partial charge in [-0.3, -0.25) is 0 Å². The Morgan fingerprint density at radius 2 is 1.88 bits per heavy atom. The number of hydrogen-bond acceptors (Lipinski definition) is 4. The molecule has 2 heterocycles. The van der Waals surface area contributed by atoms with E-state index in [0.717, 1.165) is 45.6 Å². The lowest BCUT2D eigenvalue weighted by Crippen LogP contribution is -2.55. The SMILES string of the molecule is Fc1cccc(Oc2cccc(N3CCC4(CC3)CNCCO4)c2F)c1. The van der Waals surface area contributed by atoms with E-state index in [9.17, 15) is 8.78 Å². The monoisotopic (exact) mass is 360 g/mol. The molecule has 0 amide bonds. The van der Waals surface area contributed by atoms with Crippen molar-refractivity contribution in [2.75, 3.05) is 37.7 Å². The van der Waals surface area contributed by atoms with E-state index < -0.39 is 11.6 Å². The van der Waals surface area contributed by atoms with Crippen molar-refractivity contribution in [2.45, 2.75) is 18.4 Å². The van der Waals surface area contributed by atoms with Crippen LogP contribution < -0.4 is 15.0 Å². The van der Waals surface area contributed by atoms with Crippen LogP contribution in [-0.4, -0.2) is 38.4 Å². The van der Waals surface area contributed by atoms with Gasteiger partial charge in [0.1, 0.15) is 11.6 Å². The van der Waals surface area contributed by atoms with Crippen LogP contribution in [0.15, 0.2) is 42.5 Å². The molecule has 4 rings (SSSR count). The van der Waals surface area contributed by atoms with Gasteiger partial charge in [0.15, 0.2) is 11.6 Å². The zero-order valence-corrected chi connectivity index (χ0v) is 14.5. The Kier molecular flexibility index (Phi) is 4.78. The lowest BCUT2D eigenvalue weighted by atomic mass is 9.89. The number of hydrogen-bond donors (Lipinski definition) is 1. The number of benzene rings is 2. The number of morpholine rings is 1. The van der Waals surface area contributed by atoms with Crippen LogP contribution in [0.4, 0.5) is 14.5 Å². The first kappa shape index (κ1) is 17.2. The summed E-state index contributed by atoms with van der Waals surface area (Å²) < 4.78 is 39.8. The van der Waals surface area contributed by atoms with Crippen LogP contribution in [0.2, 0.25) is 0 Å². The second-order valence-electron chi connectivity index (χ2n) is 6.84. The summed E-state index contributed by atoms with van der Waals surface area (Å²) in [5, 5.41) is 3.38. The van der Waals surface area contributed by atoms with Crippen molar-refractivity contribution < 1.29 is 18.3 Å². The second-order valence-corrected chi connectivity index (χ2v) is 6.84. The van der Waals surface area contributed by atoms with Crippen LogP contribution in [0, 0.1) is 11.6 Å². The molecule has 1 spiro atoms. The molecule has 0 aromatic heterocycles. The van der Waals surface area contributed by atoms with Crippen LogP contribution in [0.1, 0.15) is 12.8 Å². The van der Waals surface area contributed by atoms with Gasteiger partial charge in [-0.25, -0.2) is 8.78 Å². The van der Waals surface area contributed by atoms with E-state index in [1.165, 1.54) is 18.2 Å². The summed E-state index contributed by atoms with van der Waals surface area (Å²) in [7, 11) is 0. The van der Waals surface area contributed by atoms with Gasteiger partial charge >= 0.3 is 0 Å². The summed E-state index contributed by atoms with van der Waals surface area (Å²) in [6.07, 6.45) is 1.71. The maximum absolute atomic E-state index is 15.0. The second kappa shape index (κ2) is 7.21. The van der Waals surface area contributed by atoms with Gasteiger partial charge in [0, 0.05) is 32.2 Å². The molecule has 2 aliphatic heterocycles. The van der Waals surface area contributed by atoms with E-state index in [-0.39, 0.29) is 17.1 Å². The van der Waals surface area contributed by atoms with Gasteiger partial charge in [0.25, 0.3) is 0 Å². The lowest BCUT2D eigenvalue weighted by molar-refractivity contribution is -0.0800. The van der Waals surface area contributed by atoms with E-state index in [1.807, 2.05) is 4.90 Å². The number of halogens is 2. The molecular formula is C20H22F2N2O2. The molecule has 138 valence electrons. The number of ether oxygens (including phenoxy) is 2. The Bertz CT molecular complexity index is 768. The normalized spacial score (nSPS) is 19.5. The molecular weight excluding hydrogens is 338 g/mol. The summed E-state index contributed by atoms with van der Waals surface area (Å²) in [6.45, 7) is 3.92. The van der Waals surface area contributed by atoms with Gasteiger partial charge in [-0.1, -0.05) is 12.1 Å². The number of nitrogens with zero attached hydrogens (tertiary/aromatic N) is 1. The van der Waals surface area contributed by atoms with Gasteiger partial charge in [-0.2, -0.15) is 0 Å². The van der Waals surface area contributed by atoms with Crippen LogP contribution in [0.5, 0.6) is 11.5 Å². The fourth-order valence-electron chi connectivity index (χ4n) is 3.66. The molecule has 2 aliphatic rings. The Labute approximate surface area is 151 Å². The van der Waals surface area contributed by atoms with Gasteiger partial charge in [-0.15, -0.1) is 0 Å². The lowest BCUT2D eigenvalue weighted by Gasteiger charge is -2.44. The summed E-state index contributed by atoms with van der Waals surface area (Å²) in [4.78, 5) is 2.02. The van der Waals surface area contributed by atoms with Crippen molar-refractivity contribution in [1.29, 1.82) is 0 Å². The van der Waals surface area contributed by atoms with E-state index in [2.05, 4.69) is 5.32 Å². The van der Waals surface area contributed by atoms with Crippen molar-refractivity contribution >= 4 is 5.69 Å². The molecule has 4 nitrogen and oxygen atoms in total. The molecule has 0 radical (unpaired) electrons. The fraction of sp³-hybridized carbons (Fsp3) is 0.400. The Morgan fingerprint density at radius 1 is 1.08 bits per heavy atom. The summed E-state index contributed by atoms with van der Waals surface area (Å²) >= 11 is 0. The highest BCUT2D eigenvalue weighted by atomic mass is 19.1. The molecule has 1 N–H and O–H groups in total. The average Bonchev–Trinajstić information content (AvgIpc) is 2.65. The summed E-state index contributed by atoms with van der Waals surface area (Å²) in [5.41, 5.74) is 0.387. The minimum Gasteiger partial charge on any atom is -0.454 e. The zero-order chi connectivity index (χ0) is 18.0. The van der Waals surface area contributed by atoms with Crippen LogP contribution >= 0.6 is 0 Å². The quantitative estimate of drug-likeness (QED) is 0.905. The predicted octanol–water partition coefficient (Wildman–Crippen LogP) is 3.72. The summed E-state index contributed by atoms with van der Waals surface area (Å²) in [6, 6.07) is 10.8. The van der Waals surface area contributed by atoms with Crippen molar-refractivity contribution in [1.82, 2.24) is 5.32 Å². The van der Waals surface area contributed by atoms with Crippen molar-refractivity contribution in [2.24, 2.45) is 0 Å². The maximum atomic E-state index is 15.0. The molecule has 2 aromatic carbocycles. The molecule has 6 heteroatoms. The van der Waals surface area contributed by atoms with Crippen molar-refractivity contribution in [3.05, 3.63) is 54.1 Å². The Hall–Kier alpha value is -2.18. The van der Waals surface area contributed by atoms with E-state index in [4.69, 9.17) is 9.47 Å². The van der Waals surface area contributed by atoms with Gasteiger partial charge in [-0.05, 0) is 37.1 Å². The maximum Gasteiger partial charge on any atom is 0.188 e. The van der Waals surface area contributed by atoms with Crippen LogP contribution in [0.3, 0.4) is 0 Å². The summed E-state index contributed by atoms with van der Waals surface area (Å²) in [5.74, 6) is -0.457. The fourth-order valence-corrected chi connectivity index (χ4v) is 3.66. The zero-order valence-electron chi connectivity index (χ0n) is 14.5. The van der Waals surface area contributed by atoms with Crippen molar-refractivity contribution in [3.63, 3.8) is 0 Å². The highest BCUT2D eigenvalue weighted by molar-refractivity contribution is 5.54. The number of rotatable bonds is 3. The third kappa shape index (κ3) is 3.52. The molecule has 2 fully saturated rings. The largest absolute Gasteiger partial charge is 0.454 e. The molecule has 0 saturated carbocycles. The van der Waals surface area contributed by atoms with Crippen LogP contribution in [0.25, 0.3) is 0 Å². The first-order chi connectivity index (χ1) is 12.7. The van der Waals surface area contributed by atoms with E-state index >= 15 is 0 Å². The highest BCUT2D eigenvalue weighted by Gasteiger charge is 2.37. The topological polar surface area (TPSA) is 33.7 Å². The van der Waals surface area contributed by atoms with E-state index in [0.29, 0.717) is 5.69 Å². The van der Waals surface area contributed by atoms with E-state index in [1.54, 1.807) is 24.3 Å². The molecule has 0 unspecified atom stereocenters. The van der Waals surface area contributed by atoms with Gasteiger partial charge in [0.05, 0.1) is 17.9 Å². The molecule has 2 aromatic rings. The Morgan fingerprint density at radius 3 is 2.62 bits per heavy atom. The number of anilines is 1. The molecule has 0 bridgehead atoms. The molecule has 26 heavy (non-hydrogen) atoms. The molecule has 2 saturated heterocycles. The predicted molar refractivity (Wildman–Crippen MR) is 95.9 cm³/mol. The Balaban J connectivity index is 1.49. The minimum absolute atomic E-state index is 0.101. The smallest absolute Gasteiger partial charge is 0.188 e. The minimum atomic E-state index is -0.421. The highest BCUT2D eigenvalue weighted by Crippen LogP contribution is 2.35. The van der Waals surface area contributed by atoms with Gasteiger partial charge in [0.2, 0.25) is 0 Å². The molecule has 0 atom stereocenters. The molecule has 0 aliphatic carbocycles. The number of nitrogens with one attached hydrogen (secondary N) is 1. The van der Waals surface area contributed by atoms with Crippen molar-refractivity contribution in [3.8, 4) is 11.5 Å². The third-order valence-corrected chi connectivity index (χ3v) is 5.12. The average molecular weight is 360 g/mol. The standard InChI is InChI=1S/C20H22F2N2O2/c21-15-3-1-4-16(13-15)26-18-6-2-5-17(19(18)22)24-10-7-20(8-11-24)14-23-9-12-25-20/h1-6,13,23H,7-12,14H2. The third-order valence-electron chi connectivity index (χ3n) is 5.12. The first-order valence-electron chi connectivity index (χ1n) is 8.97. The number of piperidine rings is 1. The first-order valence-corrected chi connectivity index (χ1v) is 8.97. The van der Waals surface area contributed by atoms with Crippen LogP contribution in [-0.2, 0) is 4.74 Å². The van der Waals surface area contributed by atoms with Gasteiger partial charge < -0.3 is 19.7 Å².